The zero-order valence-corrected chi connectivity index (χ0v) is 19.9. The van der Waals surface area contributed by atoms with Crippen LogP contribution in [0.15, 0.2) is 42.6 Å². The Morgan fingerprint density at radius 3 is 2.80 bits per heavy atom. The van der Waals surface area contributed by atoms with Gasteiger partial charge in [-0.05, 0) is 88.3 Å². The molecule has 35 heavy (non-hydrogen) atoms. The van der Waals surface area contributed by atoms with Crippen molar-refractivity contribution in [1.29, 1.82) is 0 Å². The monoisotopic (exact) mass is 475 g/mol. The molecule has 2 N–H and O–H groups in total. The van der Waals surface area contributed by atoms with Crippen LogP contribution in [0.2, 0.25) is 0 Å². The number of nitrogens with one attached hydrogen (secondary N) is 2. The summed E-state index contributed by atoms with van der Waals surface area (Å²) in [5, 5.41) is 6.57. The van der Waals surface area contributed by atoms with Gasteiger partial charge in [0.2, 0.25) is 0 Å². The van der Waals surface area contributed by atoms with E-state index in [2.05, 4.69) is 27.6 Å². The molecule has 182 valence electrons. The van der Waals surface area contributed by atoms with E-state index in [-0.39, 0.29) is 30.4 Å². The van der Waals surface area contributed by atoms with Gasteiger partial charge in [0.15, 0.2) is 5.82 Å². The first-order valence-corrected chi connectivity index (χ1v) is 12.4. The number of halogens is 1. The van der Waals surface area contributed by atoms with Crippen LogP contribution >= 0.6 is 0 Å². The molecule has 3 aliphatic rings. The summed E-state index contributed by atoms with van der Waals surface area (Å²) in [6.07, 6.45) is 5.91. The molecule has 2 saturated heterocycles. The van der Waals surface area contributed by atoms with E-state index in [0.29, 0.717) is 28.4 Å². The van der Waals surface area contributed by atoms with Gasteiger partial charge < -0.3 is 20.3 Å². The lowest BCUT2D eigenvalue weighted by molar-refractivity contribution is 0.0916. The van der Waals surface area contributed by atoms with Crippen molar-refractivity contribution in [2.45, 2.75) is 44.4 Å². The number of aromatic nitrogens is 2. The lowest BCUT2D eigenvalue weighted by Gasteiger charge is -2.29. The molecule has 1 amide bonds. The number of carbonyl (C=O) groups is 1. The Bertz CT molecular complexity index is 1260. The fourth-order valence-electron chi connectivity index (χ4n) is 5.32. The van der Waals surface area contributed by atoms with Crippen LogP contribution in [0.25, 0.3) is 16.9 Å². The maximum Gasteiger partial charge on any atom is 0.251 e. The summed E-state index contributed by atoms with van der Waals surface area (Å²) < 4.78 is 22.9. The van der Waals surface area contributed by atoms with Crippen molar-refractivity contribution in [2.24, 2.45) is 0 Å². The first kappa shape index (κ1) is 22.2. The van der Waals surface area contributed by atoms with E-state index in [1.165, 1.54) is 0 Å². The second-order valence-corrected chi connectivity index (χ2v) is 9.82. The molecule has 0 aliphatic carbocycles. The number of rotatable bonds is 4. The lowest BCUT2D eigenvalue weighted by Crippen LogP contribution is -2.43. The molecule has 1 aromatic heterocycles. The third-order valence-electron chi connectivity index (χ3n) is 7.40. The molecule has 4 heterocycles. The summed E-state index contributed by atoms with van der Waals surface area (Å²) in [6.45, 7) is 3.22. The Morgan fingerprint density at radius 2 is 2.03 bits per heavy atom. The van der Waals surface area contributed by atoms with Crippen molar-refractivity contribution in [3.05, 3.63) is 65.4 Å². The highest BCUT2D eigenvalue weighted by Gasteiger charge is 2.25. The molecule has 2 aromatic carbocycles. The smallest absolute Gasteiger partial charge is 0.251 e. The van der Waals surface area contributed by atoms with Gasteiger partial charge in [0, 0.05) is 29.4 Å². The third kappa shape index (κ3) is 4.32. The van der Waals surface area contributed by atoms with Gasteiger partial charge in [-0.1, -0.05) is 6.07 Å². The van der Waals surface area contributed by atoms with Gasteiger partial charge in [0.25, 0.3) is 5.91 Å². The van der Waals surface area contributed by atoms with Crippen LogP contribution in [0, 0.1) is 5.82 Å². The van der Waals surface area contributed by atoms with Crippen molar-refractivity contribution in [3.8, 4) is 22.7 Å². The molecular formula is C27H30FN5O2. The van der Waals surface area contributed by atoms with Gasteiger partial charge in [-0.15, -0.1) is 0 Å². The fourth-order valence-corrected chi connectivity index (χ4v) is 5.32. The molecule has 3 aromatic rings. The highest BCUT2D eigenvalue weighted by Crippen LogP contribution is 2.34. The zero-order chi connectivity index (χ0) is 23.9. The van der Waals surface area contributed by atoms with Crippen LogP contribution < -0.4 is 15.4 Å². The summed E-state index contributed by atoms with van der Waals surface area (Å²) in [7, 11) is 2.10. The lowest BCUT2D eigenvalue weighted by atomic mass is 10.0. The quantitative estimate of drug-likeness (QED) is 0.600. The average molecular weight is 476 g/mol. The summed E-state index contributed by atoms with van der Waals surface area (Å²) >= 11 is 0. The highest BCUT2D eigenvalue weighted by atomic mass is 19.1. The largest absolute Gasteiger partial charge is 0.483 e. The SMILES string of the molecule is CN1CCC(NC(=O)c2ccc3c(c2)OCc2nc(-c4ccc(C5CCCN5)cc4F)cn2-3)CC1. The van der Waals surface area contributed by atoms with Crippen molar-refractivity contribution in [3.63, 3.8) is 0 Å². The number of fused-ring (bicyclic) bond motifs is 3. The molecule has 0 bridgehead atoms. The second-order valence-electron chi connectivity index (χ2n) is 9.82. The van der Waals surface area contributed by atoms with Crippen LogP contribution in [0.4, 0.5) is 4.39 Å². The maximum atomic E-state index is 15.0. The van der Waals surface area contributed by atoms with E-state index in [4.69, 9.17) is 4.74 Å². The zero-order valence-electron chi connectivity index (χ0n) is 19.9. The summed E-state index contributed by atoms with van der Waals surface area (Å²) in [5.74, 6) is 0.980. The van der Waals surface area contributed by atoms with Crippen LogP contribution in [-0.2, 0) is 6.61 Å². The first-order chi connectivity index (χ1) is 17.0. The van der Waals surface area contributed by atoms with Gasteiger partial charge in [-0.25, -0.2) is 9.37 Å². The number of likely N-dealkylation sites (tertiary alicyclic amines) is 1. The predicted molar refractivity (Wildman–Crippen MR) is 131 cm³/mol. The van der Waals surface area contributed by atoms with E-state index in [9.17, 15) is 4.79 Å². The summed E-state index contributed by atoms with van der Waals surface area (Å²) in [5.41, 5.74) is 3.40. The molecule has 2 fully saturated rings. The second kappa shape index (κ2) is 9.09. The average Bonchev–Trinajstić information content (AvgIpc) is 3.55. The molecule has 0 saturated carbocycles. The fraction of sp³-hybridized carbons (Fsp3) is 0.407. The number of ether oxygens (including phenoxy) is 1. The standard InChI is InChI=1S/C27H30FN5O2/c1-32-11-8-19(9-12-32)30-27(34)18-5-7-24-25(14-18)35-16-26-31-23(15-33(24)26)20-6-4-17(13-21(20)28)22-3-2-10-29-22/h4-7,13-15,19,22,29H,2-3,8-12,16H2,1H3,(H,30,34). The molecular weight excluding hydrogens is 445 g/mol. The number of nitrogens with zero attached hydrogens (tertiary/aromatic N) is 3. The third-order valence-corrected chi connectivity index (χ3v) is 7.40. The number of hydrogen-bond donors (Lipinski definition) is 2. The van der Waals surface area contributed by atoms with E-state index >= 15 is 4.39 Å². The first-order valence-electron chi connectivity index (χ1n) is 12.4. The summed E-state index contributed by atoms with van der Waals surface area (Å²) in [4.78, 5) is 19.8. The van der Waals surface area contributed by atoms with Crippen molar-refractivity contribution in [1.82, 2.24) is 25.1 Å². The van der Waals surface area contributed by atoms with Crippen LogP contribution in [-0.4, -0.2) is 53.1 Å². The van der Waals surface area contributed by atoms with E-state index in [0.717, 1.165) is 56.6 Å². The van der Waals surface area contributed by atoms with Gasteiger partial charge in [0.05, 0.1) is 11.4 Å². The molecule has 7 nitrogen and oxygen atoms in total. The van der Waals surface area contributed by atoms with Crippen molar-refractivity contribution >= 4 is 5.91 Å². The Labute approximate surface area is 204 Å². The van der Waals surface area contributed by atoms with Crippen molar-refractivity contribution in [2.75, 3.05) is 26.7 Å². The number of benzene rings is 2. The molecule has 3 aliphatic heterocycles. The molecule has 0 radical (unpaired) electrons. The Balaban J connectivity index is 1.22. The molecule has 6 rings (SSSR count). The van der Waals surface area contributed by atoms with Crippen molar-refractivity contribution < 1.29 is 13.9 Å². The number of carbonyl (C=O) groups excluding carboxylic acids is 1. The van der Waals surface area contributed by atoms with Gasteiger partial charge in [0.1, 0.15) is 18.2 Å². The molecule has 1 atom stereocenters. The van der Waals surface area contributed by atoms with Crippen LogP contribution in [0.1, 0.15) is 53.5 Å². The minimum Gasteiger partial charge on any atom is -0.483 e. The van der Waals surface area contributed by atoms with Gasteiger partial charge >= 0.3 is 0 Å². The topological polar surface area (TPSA) is 71.4 Å². The van der Waals surface area contributed by atoms with E-state index in [1.54, 1.807) is 12.1 Å². The maximum absolute atomic E-state index is 15.0. The predicted octanol–water partition coefficient (Wildman–Crippen LogP) is 3.82. The Morgan fingerprint density at radius 1 is 1.17 bits per heavy atom. The summed E-state index contributed by atoms with van der Waals surface area (Å²) in [6, 6.07) is 11.3. The normalized spacial score (nSPS) is 20.2. The Hall–Kier alpha value is -3.23. The van der Waals surface area contributed by atoms with E-state index in [1.807, 2.05) is 35.0 Å². The number of piperidine rings is 1. The molecule has 1 unspecified atom stereocenters. The molecule has 8 heteroatoms. The number of amides is 1. The van der Waals surface area contributed by atoms with E-state index < -0.39 is 0 Å². The Kier molecular flexibility index (Phi) is 5.78. The minimum atomic E-state index is -0.270. The van der Waals surface area contributed by atoms with Crippen LogP contribution in [0.3, 0.4) is 0 Å². The van der Waals surface area contributed by atoms with Gasteiger partial charge in [-0.3, -0.25) is 9.36 Å². The minimum absolute atomic E-state index is 0.0815. The number of imidazole rings is 1. The van der Waals surface area contributed by atoms with Crippen LogP contribution in [0.5, 0.6) is 5.75 Å². The van der Waals surface area contributed by atoms with Gasteiger partial charge in [-0.2, -0.15) is 0 Å². The molecule has 0 spiro atoms. The highest BCUT2D eigenvalue weighted by molar-refractivity contribution is 5.95. The number of hydrogen-bond acceptors (Lipinski definition) is 5.